The lowest BCUT2D eigenvalue weighted by molar-refractivity contribution is 0.0263. The van der Waals surface area contributed by atoms with Crippen LogP contribution < -0.4 is 30.6 Å². The lowest BCUT2D eigenvalue weighted by Crippen LogP contribution is -2.39. The summed E-state index contributed by atoms with van der Waals surface area (Å²) < 4.78 is 8.79. The zero-order chi connectivity index (χ0) is 43.3. The molecule has 0 spiro atoms. The van der Waals surface area contributed by atoms with Gasteiger partial charge >= 0.3 is 11.8 Å². The third kappa shape index (κ3) is 9.03. The summed E-state index contributed by atoms with van der Waals surface area (Å²) in [5.74, 6) is 1.81. The molecule has 0 bridgehead atoms. The van der Waals surface area contributed by atoms with Crippen LogP contribution in [-0.4, -0.2) is 95.1 Å². The molecule has 0 unspecified atom stereocenters. The normalized spacial score (nSPS) is 15.7. The first-order valence-electron chi connectivity index (χ1n) is 20.7. The van der Waals surface area contributed by atoms with Gasteiger partial charge in [-0.25, -0.2) is 29.2 Å². The second-order valence-electron chi connectivity index (χ2n) is 16.4. The molecule has 0 atom stereocenters. The van der Waals surface area contributed by atoms with Crippen LogP contribution in [0.25, 0.3) is 20.9 Å². The first kappa shape index (κ1) is 42.3. The van der Waals surface area contributed by atoms with Crippen LogP contribution in [0, 0.1) is 13.1 Å². The van der Waals surface area contributed by atoms with Crippen LogP contribution in [0.15, 0.2) is 90.3 Å². The summed E-state index contributed by atoms with van der Waals surface area (Å²) in [6.45, 7) is 32.2. The molecule has 1 N–H and O–H groups in total. The fourth-order valence-electron chi connectivity index (χ4n) is 8.10. The van der Waals surface area contributed by atoms with Gasteiger partial charge in [0.05, 0.1) is 24.5 Å². The van der Waals surface area contributed by atoms with Crippen molar-refractivity contribution >= 4 is 51.5 Å². The number of hydrogen-bond donors (Lipinski definition) is 1. The standard InChI is InChI=1S/C25H30N6O3.C21H24N6/c1-25(2,3)34-24(33)30-14-8-13-29(15-16-30)20-11-12-27-22-21(20)31(23(32)28(22)5)17-18-9-6-7-10-19(18)26-4;1-16-25(3)21-20(27(16)15-17-7-4-5-8-18(17)22-2)19(9-11-24-21)26-13-6-10-23-12-14-26/h6-7,9-12H,8,13-17H2,1-3,5H3;4-5,7-9,11,23H,1,6,10,12-15H2,3H3. The van der Waals surface area contributed by atoms with Gasteiger partial charge in [0.15, 0.2) is 22.8 Å². The van der Waals surface area contributed by atoms with Gasteiger partial charge in [-0.05, 0) is 63.4 Å². The van der Waals surface area contributed by atoms with Crippen molar-refractivity contribution in [2.45, 2.75) is 52.3 Å². The molecule has 2 aromatic carbocycles. The predicted octanol–water partition coefficient (Wildman–Crippen LogP) is 7.14. The number of para-hydroxylation sites is 2. The van der Waals surface area contributed by atoms with Crippen molar-refractivity contribution in [3.63, 3.8) is 0 Å². The Morgan fingerprint density at radius 1 is 0.803 bits per heavy atom. The minimum atomic E-state index is -0.540. The second kappa shape index (κ2) is 18.2. The number of aryl methyl sites for hydroxylation is 1. The van der Waals surface area contributed by atoms with Crippen LogP contribution in [0.5, 0.6) is 0 Å². The molecule has 2 saturated heterocycles. The Labute approximate surface area is 357 Å². The van der Waals surface area contributed by atoms with E-state index in [1.807, 2.05) is 87.4 Å². The number of hydrogen-bond acceptors (Lipinski definition) is 10. The lowest BCUT2D eigenvalue weighted by Gasteiger charge is -2.28. The zero-order valence-corrected chi connectivity index (χ0v) is 35.8. The van der Waals surface area contributed by atoms with Gasteiger partial charge in [0.1, 0.15) is 22.6 Å². The Morgan fingerprint density at radius 3 is 2.15 bits per heavy atom. The molecule has 1 amide bonds. The molecular formula is C46H54N12O3. The van der Waals surface area contributed by atoms with Crippen molar-refractivity contribution in [1.82, 2.24) is 29.3 Å². The number of ether oxygens (including phenoxy) is 1. The molecule has 2 fully saturated rings. The fourth-order valence-corrected chi connectivity index (χ4v) is 8.10. The average molecular weight is 823 g/mol. The Morgan fingerprint density at radius 2 is 1.44 bits per heavy atom. The third-order valence-corrected chi connectivity index (χ3v) is 11.2. The van der Waals surface area contributed by atoms with E-state index in [-0.39, 0.29) is 18.3 Å². The summed E-state index contributed by atoms with van der Waals surface area (Å²) in [6.07, 6.45) is 5.19. The summed E-state index contributed by atoms with van der Waals surface area (Å²) in [5, 5.41) is 3.47. The number of nitrogens with zero attached hydrogens (tertiary/aromatic N) is 11. The van der Waals surface area contributed by atoms with E-state index in [1.54, 1.807) is 33.3 Å². The van der Waals surface area contributed by atoms with E-state index in [1.165, 1.54) is 5.69 Å². The van der Waals surface area contributed by atoms with Gasteiger partial charge in [0, 0.05) is 85.4 Å². The monoisotopic (exact) mass is 822 g/mol. The molecule has 0 saturated carbocycles. The van der Waals surface area contributed by atoms with E-state index in [2.05, 4.69) is 52.3 Å². The summed E-state index contributed by atoms with van der Waals surface area (Å²) in [7, 11) is 3.72. The van der Waals surface area contributed by atoms with E-state index < -0.39 is 5.60 Å². The maximum atomic E-state index is 13.2. The number of imidazole rings is 1. The molecule has 61 heavy (non-hydrogen) atoms. The van der Waals surface area contributed by atoms with Crippen molar-refractivity contribution in [3.05, 3.63) is 130 Å². The number of anilines is 4. The van der Waals surface area contributed by atoms with Crippen molar-refractivity contribution in [3.8, 4) is 0 Å². The minimum Gasteiger partial charge on any atom is -0.444 e. The highest BCUT2D eigenvalue weighted by molar-refractivity contribution is 5.90. The van der Waals surface area contributed by atoms with Crippen LogP contribution in [0.2, 0.25) is 0 Å². The molecule has 316 valence electrons. The van der Waals surface area contributed by atoms with Gasteiger partial charge in [0.2, 0.25) is 0 Å². The van der Waals surface area contributed by atoms with Crippen LogP contribution >= 0.6 is 0 Å². The molecule has 0 aliphatic carbocycles. The van der Waals surface area contributed by atoms with E-state index in [0.717, 1.165) is 85.2 Å². The number of pyridine rings is 2. The van der Waals surface area contributed by atoms with E-state index in [9.17, 15) is 9.59 Å². The maximum absolute atomic E-state index is 13.2. The number of fused-ring (bicyclic) bond motifs is 2. The number of carbonyl (C=O) groups is 1. The molecule has 3 aliphatic rings. The van der Waals surface area contributed by atoms with Crippen molar-refractivity contribution in [2.75, 3.05) is 79.0 Å². The SMILES string of the molecule is [C-]#[N+]c1ccccc1CN1C(=C)N(C)c2nccc(N3CCCNCC3)c21.[C-]#[N+]c1ccccc1Cn1c(=O)n(C)c2nccc(N3CCCN(C(=O)OC(C)(C)C)CC3)c21. The van der Waals surface area contributed by atoms with Crippen LogP contribution in [0.3, 0.4) is 0 Å². The highest BCUT2D eigenvalue weighted by atomic mass is 16.6. The first-order valence-corrected chi connectivity index (χ1v) is 20.7. The quantitative estimate of drug-likeness (QED) is 0.177. The second-order valence-corrected chi connectivity index (χ2v) is 16.4. The first-order chi connectivity index (χ1) is 29.4. The molecule has 8 rings (SSSR count). The molecule has 0 radical (unpaired) electrons. The van der Waals surface area contributed by atoms with Gasteiger partial charge in [-0.2, -0.15) is 0 Å². The van der Waals surface area contributed by atoms with E-state index >= 15 is 0 Å². The number of rotatable bonds is 6. The highest BCUT2D eigenvalue weighted by Gasteiger charge is 2.33. The predicted molar refractivity (Wildman–Crippen MR) is 242 cm³/mol. The average Bonchev–Trinajstić information content (AvgIpc) is 3.49. The van der Waals surface area contributed by atoms with Crippen LogP contribution in [0.4, 0.5) is 39.0 Å². The third-order valence-electron chi connectivity index (χ3n) is 11.2. The highest BCUT2D eigenvalue weighted by Crippen LogP contribution is 2.46. The largest absolute Gasteiger partial charge is 0.444 e. The summed E-state index contributed by atoms with van der Waals surface area (Å²) in [6, 6.07) is 19.1. The molecule has 3 aromatic heterocycles. The fraction of sp³-hybridized carbons (Fsp3) is 0.391. The lowest BCUT2D eigenvalue weighted by atomic mass is 10.1. The van der Waals surface area contributed by atoms with Crippen LogP contribution in [0.1, 0.15) is 44.7 Å². The number of carbonyl (C=O) groups excluding carboxylic acids is 1. The topological polar surface area (TPSA) is 116 Å². The zero-order valence-electron chi connectivity index (χ0n) is 35.8. The Hall–Kier alpha value is -6.84. The maximum Gasteiger partial charge on any atom is 0.410 e. The summed E-state index contributed by atoms with van der Waals surface area (Å²) in [4.78, 5) is 52.8. The molecular weight excluding hydrogens is 769 g/mol. The molecule has 3 aliphatic heterocycles. The summed E-state index contributed by atoms with van der Waals surface area (Å²) in [5.41, 5.74) is 6.79. The van der Waals surface area contributed by atoms with Crippen molar-refractivity contribution in [2.24, 2.45) is 7.05 Å². The Bertz CT molecular complexity index is 2550. The Kier molecular flexibility index (Phi) is 12.6. The minimum absolute atomic E-state index is 0.181. The van der Waals surface area contributed by atoms with Gasteiger partial charge in [-0.1, -0.05) is 55.1 Å². The molecule has 15 nitrogen and oxygen atoms in total. The van der Waals surface area contributed by atoms with Gasteiger partial charge in [0.25, 0.3) is 0 Å². The molecule has 5 aromatic rings. The Balaban J connectivity index is 0.000000189. The van der Waals surface area contributed by atoms with Crippen LogP contribution in [-0.2, 0) is 24.9 Å². The van der Waals surface area contributed by atoms with Crippen molar-refractivity contribution in [1.29, 1.82) is 0 Å². The van der Waals surface area contributed by atoms with Gasteiger partial charge < -0.3 is 34.6 Å². The summed E-state index contributed by atoms with van der Waals surface area (Å²) >= 11 is 0. The van der Waals surface area contributed by atoms with Gasteiger partial charge in [-0.3, -0.25) is 9.13 Å². The molecule has 6 heterocycles. The van der Waals surface area contributed by atoms with E-state index in [0.29, 0.717) is 43.2 Å². The van der Waals surface area contributed by atoms with Gasteiger partial charge in [-0.15, -0.1) is 0 Å². The number of nitrogens with one attached hydrogen (secondary N) is 1. The van der Waals surface area contributed by atoms with E-state index in [4.69, 9.17) is 17.9 Å². The number of amides is 1. The molecule has 15 heteroatoms. The van der Waals surface area contributed by atoms with Crippen molar-refractivity contribution < 1.29 is 9.53 Å². The number of benzene rings is 2. The smallest absolute Gasteiger partial charge is 0.410 e. The number of aromatic nitrogens is 4.